The molecule has 1 aliphatic carbocycles. The largest absolute Gasteiger partial charge is 0.493 e. The van der Waals surface area contributed by atoms with E-state index < -0.39 is 0 Å². The molecule has 0 aromatic heterocycles. The van der Waals surface area contributed by atoms with Gasteiger partial charge in [0.05, 0.1) is 6.61 Å². The molecular formula is C15H20O2. The van der Waals surface area contributed by atoms with E-state index >= 15 is 0 Å². The number of hydrogen-bond acceptors (Lipinski definition) is 2. The molecule has 0 aliphatic heterocycles. The molecule has 1 aromatic carbocycles. The van der Waals surface area contributed by atoms with Gasteiger partial charge in [-0.3, -0.25) is 4.79 Å². The van der Waals surface area contributed by atoms with E-state index in [1.165, 1.54) is 32.1 Å². The number of carbonyl (C=O) groups is 1. The summed E-state index contributed by atoms with van der Waals surface area (Å²) in [5, 5.41) is 0. The molecule has 0 amide bonds. The Morgan fingerprint density at radius 2 is 2.06 bits per heavy atom. The summed E-state index contributed by atoms with van der Waals surface area (Å²) in [6.45, 7) is 3.06. The third-order valence-electron chi connectivity index (χ3n) is 3.64. The topological polar surface area (TPSA) is 26.3 Å². The molecule has 1 saturated carbocycles. The average molecular weight is 232 g/mol. The van der Waals surface area contributed by atoms with E-state index in [9.17, 15) is 4.79 Å². The van der Waals surface area contributed by atoms with E-state index in [-0.39, 0.29) is 0 Å². The van der Waals surface area contributed by atoms with E-state index in [1.54, 1.807) is 12.1 Å². The molecule has 2 nitrogen and oxygen atoms in total. The fourth-order valence-corrected chi connectivity index (χ4v) is 2.48. The zero-order valence-electron chi connectivity index (χ0n) is 10.4. The number of aldehydes is 1. The molecule has 0 N–H and O–H groups in total. The maximum absolute atomic E-state index is 10.7. The van der Waals surface area contributed by atoms with Crippen molar-refractivity contribution < 1.29 is 9.53 Å². The maximum atomic E-state index is 10.7. The van der Waals surface area contributed by atoms with E-state index in [1.807, 2.05) is 12.1 Å². The van der Waals surface area contributed by atoms with Gasteiger partial charge in [-0.05, 0) is 25.0 Å². The maximum Gasteiger partial charge on any atom is 0.150 e. The van der Waals surface area contributed by atoms with Gasteiger partial charge in [-0.15, -0.1) is 0 Å². The first-order chi connectivity index (χ1) is 8.22. The first-order valence-corrected chi connectivity index (χ1v) is 6.40. The smallest absolute Gasteiger partial charge is 0.150 e. The van der Waals surface area contributed by atoms with Gasteiger partial charge in [0, 0.05) is 11.0 Å². The SMILES string of the molecule is CC1(COc2cccc(C=O)c2)CCCCC1. The zero-order valence-corrected chi connectivity index (χ0v) is 10.4. The van der Waals surface area contributed by atoms with Crippen LogP contribution in [-0.4, -0.2) is 12.9 Å². The zero-order chi connectivity index (χ0) is 12.1. The van der Waals surface area contributed by atoms with Crippen molar-refractivity contribution in [2.75, 3.05) is 6.61 Å². The number of hydrogen-bond donors (Lipinski definition) is 0. The Morgan fingerprint density at radius 1 is 1.29 bits per heavy atom. The van der Waals surface area contributed by atoms with E-state index in [4.69, 9.17) is 4.74 Å². The molecular weight excluding hydrogens is 212 g/mol. The first-order valence-electron chi connectivity index (χ1n) is 6.40. The van der Waals surface area contributed by atoms with Gasteiger partial charge < -0.3 is 4.74 Å². The minimum absolute atomic E-state index is 0.315. The van der Waals surface area contributed by atoms with Crippen molar-refractivity contribution in [1.29, 1.82) is 0 Å². The minimum Gasteiger partial charge on any atom is -0.493 e. The molecule has 2 rings (SSSR count). The average Bonchev–Trinajstić information content (AvgIpc) is 2.38. The fraction of sp³-hybridized carbons (Fsp3) is 0.533. The lowest BCUT2D eigenvalue weighted by Crippen LogP contribution is -2.27. The molecule has 0 radical (unpaired) electrons. The predicted molar refractivity (Wildman–Crippen MR) is 68.5 cm³/mol. The lowest BCUT2D eigenvalue weighted by Gasteiger charge is -2.33. The molecule has 1 aromatic rings. The van der Waals surface area contributed by atoms with Crippen molar-refractivity contribution in [3.63, 3.8) is 0 Å². The Morgan fingerprint density at radius 3 is 2.76 bits per heavy atom. The number of carbonyl (C=O) groups excluding carboxylic acids is 1. The van der Waals surface area contributed by atoms with Gasteiger partial charge in [0.1, 0.15) is 12.0 Å². The van der Waals surface area contributed by atoms with Crippen molar-refractivity contribution in [3.05, 3.63) is 29.8 Å². The Bertz CT molecular complexity index is 378. The van der Waals surface area contributed by atoms with Gasteiger partial charge in [0.25, 0.3) is 0 Å². The summed E-state index contributed by atoms with van der Waals surface area (Å²) in [6.07, 6.45) is 7.34. The summed E-state index contributed by atoms with van der Waals surface area (Å²) < 4.78 is 5.83. The van der Waals surface area contributed by atoms with Crippen molar-refractivity contribution in [1.82, 2.24) is 0 Å². The molecule has 0 spiro atoms. The summed E-state index contributed by atoms with van der Waals surface area (Å²) in [5.74, 6) is 0.807. The van der Waals surface area contributed by atoms with Gasteiger partial charge in [-0.2, -0.15) is 0 Å². The molecule has 1 fully saturated rings. The fourth-order valence-electron chi connectivity index (χ4n) is 2.48. The standard InChI is InChI=1S/C15H20O2/c1-15(8-3-2-4-9-15)12-17-14-7-5-6-13(10-14)11-16/h5-7,10-11H,2-4,8-9,12H2,1H3. The van der Waals surface area contributed by atoms with Crippen LogP contribution >= 0.6 is 0 Å². The van der Waals surface area contributed by atoms with E-state index in [0.717, 1.165) is 18.6 Å². The second-order valence-corrected chi connectivity index (χ2v) is 5.35. The highest BCUT2D eigenvalue weighted by Crippen LogP contribution is 2.36. The molecule has 92 valence electrons. The molecule has 2 heteroatoms. The van der Waals surface area contributed by atoms with Crippen LogP contribution in [0.5, 0.6) is 5.75 Å². The monoisotopic (exact) mass is 232 g/mol. The third kappa shape index (κ3) is 3.32. The molecule has 17 heavy (non-hydrogen) atoms. The highest BCUT2D eigenvalue weighted by atomic mass is 16.5. The van der Waals surface area contributed by atoms with Crippen LogP contribution in [0, 0.1) is 5.41 Å². The highest BCUT2D eigenvalue weighted by Gasteiger charge is 2.27. The van der Waals surface area contributed by atoms with Crippen LogP contribution in [-0.2, 0) is 0 Å². The summed E-state index contributed by atoms with van der Waals surface area (Å²) >= 11 is 0. The predicted octanol–water partition coefficient (Wildman–Crippen LogP) is 3.85. The van der Waals surface area contributed by atoms with Gasteiger partial charge in [-0.25, -0.2) is 0 Å². The van der Waals surface area contributed by atoms with Crippen molar-refractivity contribution >= 4 is 6.29 Å². The van der Waals surface area contributed by atoms with Crippen LogP contribution in [0.2, 0.25) is 0 Å². The summed E-state index contributed by atoms with van der Waals surface area (Å²) in [4.78, 5) is 10.7. The van der Waals surface area contributed by atoms with Crippen LogP contribution in [0.15, 0.2) is 24.3 Å². The number of ether oxygens (including phenoxy) is 1. The summed E-state index contributed by atoms with van der Waals surface area (Å²) in [5.41, 5.74) is 0.992. The van der Waals surface area contributed by atoms with Crippen LogP contribution in [0.25, 0.3) is 0 Å². The van der Waals surface area contributed by atoms with Crippen LogP contribution in [0.4, 0.5) is 0 Å². The highest BCUT2D eigenvalue weighted by molar-refractivity contribution is 5.75. The Kier molecular flexibility index (Phi) is 3.82. The summed E-state index contributed by atoms with van der Waals surface area (Å²) in [6, 6.07) is 7.38. The molecule has 0 saturated heterocycles. The number of rotatable bonds is 4. The van der Waals surface area contributed by atoms with Crippen LogP contribution < -0.4 is 4.74 Å². The second-order valence-electron chi connectivity index (χ2n) is 5.35. The van der Waals surface area contributed by atoms with Crippen molar-refractivity contribution in [3.8, 4) is 5.75 Å². The molecule has 1 aliphatic rings. The Balaban J connectivity index is 1.94. The Hall–Kier alpha value is -1.31. The minimum atomic E-state index is 0.315. The molecule has 0 atom stereocenters. The van der Waals surface area contributed by atoms with Gasteiger partial charge in [0.2, 0.25) is 0 Å². The quantitative estimate of drug-likeness (QED) is 0.737. The molecule has 0 unspecified atom stereocenters. The third-order valence-corrected chi connectivity index (χ3v) is 3.64. The van der Waals surface area contributed by atoms with Crippen LogP contribution in [0.1, 0.15) is 49.4 Å². The van der Waals surface area contributed by atoms with E-state index in [2.05, 4.69) is 6.92 Å². The lowest BCUT2D eigenvalue weighted by molar-refractivity contribution is 0.111. The normalized spacial score (nSPS) is 18.6. The van der Waals surface area contributed by atoms with E-state index in [0.29, 0.717) is 11.0 Å². The lowest BCUT2D eigenvalue weighted by atomic mass is 9.76. The van der Waals surface area contributed by atoms with Gasteiger partial charge in [0.15, 0.2) is 0 Å². The number of benzene rings is 1. The van der Waals surface area contributed by atoms with Crippen molar-refractivity contribution in [2.24, 2.45) is 5.41 Å². The molecule has 0 bridgehead atoms. The summed E-state index contributed by atoms with van der Waals surface area (Å²) in [7, 11) is 0. The van der Waals surface area contributed by atoms with Crippen molar-refractivity contribution in [2.45, 2.75) is 39.0 Å². The molecule has 0 heterocycles. The van der Waals surface area contributed by atoms with Gasteiger partial charge >= 0.3 is 0 Å². The van der Waals surface area contributed by atoms with Gasteiger partial charge in [-0.1, -0.05) is 38.3 Å². The van der Waals surface area contributed by atoms with Crippen LogP contribution in [0.3, 0.4) is 0 Å². The first kappa shape index (κ1) is 12.2. The second kappa shape index (κ2) is 5.35. The Labute approximate surface area is 103 Å².